The minimum atomic E-state index is -0.215. The number of carbonyl (C=O) groups is 1. The first-order chi connectivity index (χ1) is 11.2. The molecular formula is C18H21N3O2. The number of hydrogen-bond acceptors (Lipinski definition) is 4. The number of hydrazone groups is 1. The third kappa shape index (κ3) is 5.14. The molecule has 2 aromatic carbocycles. The Kier molecular flexibility index (Phi) is 6.17. The zero-order valence-corrected chi connectivity index (χ0v) is 13.3. The van der Waals surface area contributed by atoms with Crippen LogP contribution in [0.5, 0.6) is 5.75 Å². The average Bonchev–Trinajstić information content (AvgIpc) is 2.60. The molecule has 0 aliphatic carbocycles. The van der Waals surface area contributed by atoms with E-state index in [1.165, 1.54) is 0 Å². The molecule has 0 fully saturated rings. The number of carbonyl (C=O) groups excluding carboxylic acids is 1. The molecule has 2 N–H and O–H groups in total. The molecule has 5 nitrogen and oxygen atoms in total. The molecule has 0 spiro atoms. The molecule has 120 valence electrons. The predicted octanol–water partition coefficient (Wildman–Crippen LogP) is 3.01. The zero-order chi connectivity index (χ0) is 16.5. The van der Waals surface area contributed by atoms with Gasteiger partial charge in [-0.05, 0) is 17.7 Å². The second-order valence-electron chi connectivity index (χ2n) is 5.07. The number of rotatable bonds is 7. The summed E-state index contributed by atoms with van der Waals surface area (Å²) in [5.41, 5.74) is 4.44. The highest BCUT2D eigenvalue weighted by molar-refractivity contribution is 5.82. The molecule has 23 heavy (non-hydrogen) atoms. The number of amides is 1. The van der Waals surface area contributed by atoms with Gasteiger partial charge in [0.2, 0.25) is 0 Å². The van der Waals surface area contributed by atoms with Gasteiger partial charge >= 0.3 is 0 Å². The number of nitrogens with zero attached hydrogens (tertiary/aromatic N) is 1. The van der Waals surface area contributed by atoms with Gasteiger partial charge in [0.15, 0.2) is 0 Å². The molecule has 0 aliphatic heterocycles. The van der Waals surface area contributed by atoms with Gasteiger partial charge in [-0.2, -0.15) is 5.10 Å². The van der Waals surface area contributed by atoms with Crippen molar-refractivity contribution in [1.29, 1.82) is 0 Å². The topological polar surface area (TPSA) is 62.7 Å². The van der Waals surface area contributed by atoms with Crippen molar-refractivity contribution in [2.24, 2.45) is 5.10 Å². The highest BCUT2D eigenvalue weighted by Crippen LogP contribution is 2.22. The van der Waals surface area contributed by atoms with Crippen molar-refractivity contribution in [3.05, 3.63) is 60.2 Å². The number of hydrogen-bond donors (Lipinski definition) is 2. The lowest BCUT2D eigenvalue weighted by atomic mass is 10.0. The van der Waals surface area contributed by atoms with E-state index in [1.807, 2.05) is 61.5 Å². The maximum atomic E-state index is 11.8. The summed E-state index contributed by atoms with van der Waals surface area (Å²) in [5, 5.41) is 7.03. The summed E-state index contributed by atoms with van der Waals surface area (Å²) < 4.78 is 5.22. The van der Waals surface area contributed by atoms with Gasteiger partial charge in [-0.1, -0.05) is 49.4 Å². The largest absolute Gasteiger partial charge is 0.495 e. The minimum Gasteiger partial charge on any atom is -0.495 e. The smallest absolute Gasteiger partial charge is 0.259 e. The lowest BCUT2D eigenvalue weighted by molar-refractivity contribution is -0.119. The summed E-state index contributed by atoms with van der Waals surface area (Å²) in [7, 11) is 1.59. The Morgan fingerprint density at radius 2 is 1.87 bits per heavy atom. The van der Waals surface area contributed by atoms with Crippen molar-refractivity contribution in [3.8, 4) is 5.75 Å². The van der Waals surface area contributed by atoms with Crippen LogP contribution in [-0.2, 0) is 4.79 Å². The van der Waals surface area contributed by atoms with E-state index in [0.717, 1.165) is 11.3 Å². The second-order valence-corrected chi connectivity index (χ2v) is 5.07. The molecular weight excluding hydrogens is 290 g/mol. The van der Waals surface area contributed by atoms with E-state index in [9.17, 15) is 4.79 Å². The molecule has 5 heteroatoms. The van der Waals surface area contributed by atoms with Crippen LogP contribution in [0.25, 0.3) is 0 Å². The summed E-state index contributed by atoms with van der Waals surface area (Å²) in [6, 6.07) is 17.4. The van der Waals surface area contributed by atoms with Crippen molar-refractivity contribution in [2.45, 2.75) is 12.8 Å². The Morgan fingerprint density at radius 3 is 2.61 bits per heavy atom. The zero-order valence-electron chi connectivity index (χ0n) is 13.3. The first-order valence-electron chi connectivity index (χ1n) is 7.44. The van der Waals surface area contributed by atoms with Crippen LogP contribution < -0.4 is 15.5 Å². The van der Waals surface area contributed by atoms with E-state index >= 15 is 0 Å². The molecule has 0 saturated carbocycles. The molecule has 0 heterocycles. The molecule has 0 bridgehead atoms. The van der Waals surface area contributed by atoms with Gasteiger partial charge in [0.25, 0.3) is 5.91 Å². The van der Waals surface area contributed by atoms with E-state index in [4.69, 9.17) is 4.74 Å². The van der Waals surface area contributed by atoms with Crippen molar-refractivity contribution >= 4 is 17.8 Å². The molecule has 0 radical (unpaired) electrons. The molecule has 1 amide bonds. The number of benzene rings is 2. The number of anilines is 1. The number of nitrogens with one attached hydrogen (secondary N) is 2. The normalized spacial score (nSPS) is 11.9. The lowest BCUT2D eigenvalue weighted by Crippen LogP contribution is -2.26. The van der Waals surface area contributed by atoms with Crippen LogP contribution in [0.3, 0.4) is 0 Å². The first kappa shape index (κ1) is 16.5. The summed E-state index contributed by atoms with van der Waals surface area (Å²) in [5.74, 6) is 0.618. The van der Waals surface area contributed by atoms with Crippen molar-refractivity contribution in [3.63, 3.8) is 0 Å². The van der Waals surface area contributed by atoms with Gasteiger partial charge in [0.1, 0.15) is 5.75 Å². The average molecular weight is 311 g/mol. The van der Waals surface area contributed by atoms with Crippen molar-refractivity contribution < 1.29 is 9.53 Å². The van der Waals surface area contributed by atoms with Crippen LogP contribution in [0.2, 0.25) is 0 Å². The second kappa shape index (κ2) is 8.58. The molecule has 0 aliphatic rings. The summed E-state index contributed by atoms with van der Waals surface area (Å²) in [4.78, 5) is 11.8. The Bertz CT molecular complexity index is 656. The highest BCUT2D eigenvalue weighted by Gasteiger charge is 2.04. The Balaban J connectivity index is 1.80. The fourth-order valence-corrected chi connectivity index (χ4v) is 2.07. The molecule has 2 rings (SSSR count). The molecule has 0 aromatic heterocycles. The summed E-state index contributed by atoms with van der Waals surface area (Å²) >= 11 is 0. The van der Waals surface area contributed by atoms with Crippen LogP contribution >= 0.6 is 0 Å². The molecule has 2 aromatic rings. The minimum absolute atomic E-state index is 0.122. The third-order valence-corrected chi connectivity index (χ3v) is 3.36. The van der Waals surface area contributed by atoms with Gasteiger partial charge in [-0.25, -0.2) is 5.43 Å². The Labute approximate surface area is 136 Å². The maximum Gasteiger partial charge on any atom is 0.259 e. The van der Waals surface area contributed by atoms with E-state index in [1.54, 1.807) is 13.3 Å². The molecule has 1 atom stereocenters. The number of ether oxygens (including phenoxy) is 1. The Hall–Kier alpha value is -2.82. The van der Waals surface area contributed by atoms with E-state index in [2.05, 4.69) is 15.8 Å². The molecule has 0 saturated heterocycles. The van der Waals surface area contributed by atoms with E-state index < -0.39 is 0 Å². The van der Waals surface area contributed by atoms with Gasteiger partial charge in [0.05, 0.1) is 19.3 Å². The van der Waals surface area contributed by atoms with Crippen molar-refractivity contribution in [1.82, 2.24) is 5.43 Å². The standard InChI is InChI=1S/C18H21N3O2/c1-14(15-8-4-3-5-9-15)12-20-21-18(22)13-19-16-10-6-7-11-17(16)23-2/h3-12,14,19H,13H2,1-2H3,(H,21,22)/b20-12-/t14-/m1/s1. The first-order valence-corrected chi connectivity index (χ1v) is 7.44. The quantitative estimate of drug-likeness (QED) is 0.610. The fraction of sp³-hybridized carbons (Fsp3) is 0.222. The van der Waals surface area contributed by atoms with Crippen LogP contribution in [-0.4, -0.2) is 25.8 Å². The fourth-order valence-electron chi connectivity index (χ4n) is 2.07. The van der Waals surface area contributed by atoms with Gasteiger partial charge in [0, 0.05) is 12.1 Å². The molecule has 0 unspecified atom stereocenters. The lowest BCUT2D eigenvalue weighted by Gasteiger charge is -2.10. The van der Waals surface area contributed by atoms with Gasteiger partial charge in [-0.15, -0.1) is 0 Å². The van der Waals surface area contributed by atoms with E-state index in [0.29, 0.717) is 5.75 Å². The van der Waals surface area contributed by atoms with Crippen molar-refractivity contribution in [2.75, 3.05) is 19.0 Å². The van der Waals surface area contributed by atoms with Gasteiger partial charge < -0.3 is 10.1 Å². The number of methoxy groups -OCH3 is 1. The van der Waals surface area contributed by atoms with E-state index in [-0.39, 0.29) is 18.4 Å². The summed E-state index contributed by atoms with van der Waals surface area (Å²) in [6.45, 7) is 2.15. The maximum absolute atomic E-state index is 11.8. The van der Waals surface area contributed by atoms with Crippen LogP contribution in [0.4, 0.5) is 5.69 Å². The van der Waals surface area contributed by atoms with Crippen LogP contribution in [0.15, 0.2) is 59.7 Å². The highest BCUT2D eigenvalue weighted by atomic mass is 16.5. The monoisotopic (exact) mass is 311 g/mol. The Morgan fingerprint density at radius 1 is 1.17 bits per heavy atom. The predicted molar refractivity (Wildman–Crippen MR) is 93.0 cm³/mol. The third-order valence-electron chi connectivity index (χ3n) is 3.36. The summed E-state index contributed by atoms with van der Waals surface area (Å²) in [6.07, 6.45) is 1.72. The SMILES string of the molecule is COc1ccccc1NCC(=O)N/N=C\[C@@H](C)c1ccccc1. The van der Waals surface area contributed by atoms with Crippen LogP contribution in [0.1, 0.15) is 18.4 Å². The number of para-hydroxylation sites is 2. The van der Waals surface area contributed by atoms with Crippen LogP contribution in [0, 0.1) is 0 Å². The van der Waals surface area contributed by atoms with Gasteiger partial charge in [-0.3, -0.25) is 4.79 Å².